The van der Waals surface area contributed by atoms with Crippen LogP contribution in [-0.4, -0.2) is 43.0 Å². The molecule has 162 valence electrons. The SMILES string of the molecule is CCOC(=O)C[C@H](C(=O)OCC)[C@H](NC(=O)C12CC3CC(CC(C3)C1)C2)C(N)=O. The van der Waals surface area contributed by atoms with E-state index in [-0.39, 0.29) is 25.5 Å². The van der Waals surface area contributed by atoms with Gasteiger partial charge < -0.3 is 20.5 Å². The van der Waals surface area contributed by atoms with Gasteiger partial charge in [-0.2, -0.15) is 0 Å². The van der Waals surface area contributed by atoms with Gasteiger partial charge in [0.1, 0.15) is 6.04 Å². The summed E-state index contributed by atoms with van der Waals surface area (Å²) in [5.74, 6) is -2.00. The molecule has 8 heteroatoms. The third-order valence-corrected chi connectivity index (χ3v) is 6.80. The maximum Gasteiger partial charge on any atom is 0.312 e. The molecule has 4 aliphatic carbocycles. The number of nitrogens with two attached hydrogens (primary N) is 1. The maximum absolute atomic E-state index is 13.3. The quantitative estimate of drug-likeness (QED) is 0.554. The highest BCUT2D eigenvalue weighted by atomic mass is 16.5. The van der Waals surface area contributed by atoms with Gasteiger partial charge in [0, 0.05) is 5.41 Å². The predicted molar refractivity (Wildman–Crippen MR) is 103 cm³/mol. The van der Waals surface area contributed by atoms with Crippen molar-refractivity contribution in [1.29, 1.82) is 0 Å². The summed E-state index contributed by atoms with van der Waals surface area (Å²) >= 11 is 0. The lowest BCUT2D eigenvalue weighted by atomic mass is 9.49. The van der Waals surface area contributed by atoms with Gasteiger partial charge in [-0.25, -0.2) is 0 Å². The molecule has 0 aromatic rings. The number of nitrogens with one attached hydrogen (secondary N) is 1. The summed E-state index contributed by atoms with van der Waals surface area (Å²) in [6.45, 7) is 3.52. The minimum atomic E-state index is -1.31. The van der Waals surface area contributed by atoms with Crippen molar-refractivity contribution in [3.63, 3.8) is 0 Å². The lowest BCUT2D eigenvalue weighted by molar-refractivity contribution is -0.159. The summed E-state index contributed by atoms with van der Waals surface area (Å²) in [4.78, 5) is 50.0. The van der Waals surface area contributed by atoms with E-state index in [0.717, 1.165) is 19.3 Å². The van der Waals surface area contributed by atoms with E-state index in [1.165, 1.54) is 19.3 Å². The summed E-state index contributed by atoms with van der Waals surface area (Å²) in [5, 5.41) is 2.74. The van der Waals surface area contributed by atoms with Gasteiger partial charge >= 0.3 is 11.9 Å². The number of primary amides is 1. The number of rotatable bonds is 9. The zero-order chi connectivity index (χ0) is 21.2. The van der Waals surface area contributed by atoms with Gasteiger partial charge in [0.15, 0.2) is 0 Å². The number of hydrogen-bond acceptors (Lipinski definition) is 6. The van der Waals surface area contributed by atoms with Crippen LogP contribution in [0.2, 0.25) is 0 Å². The third-order valence-electron chi connectivity index (χ3n) is 6.80. The van der Waals surface area contributed by atoms with Crippen molar-refractivity contribution in [2.45, 2.75) is 64.8 Å². The van der Waals surface area contributed by atoms with Gasteiger partial charge in [-0.15, -0.1) is 0 Å². The molecule has 0 heterocycles. The molecule has 4 bridgehead atoms. The second-order valence-corrected chi connectivity index (χ2v) is 8.92. The molecule has 4 saturated carbocycles. The van der Waals surface area contributed by atoms with Crippen LogP contribution in [0.3, 0.4) is 0 Å². The molecule has 2 atom stereocenters. The minimum absolute atomic E-state index is 0.0898. The first kappa shape index (κ1) is 21.6. The number of ether oxygens (including phenoxy) is 2. The van der Waals surface area contributed by atoms with Crippen molar-refractivity contribution < 1.29 is 28.7 Å². The van der Waals surface area contributed by atoms with Crippen LogP contribution in [0.5, 0.6) is 0 Å². The van der Waals surface area contributed by atoms with Gasteiger partial charge in [-0.3, -0.25) is 19.2 Å². The van der Waals surface area contributed by atoms with Gasteiger partial charge in [-0.05, 0) is 70.1 Å². The minimum Gasteiger partial charge on any atom is -0.466 e. The van der Waals surface area contributed by atoms with Gasteiger partial charge in [0.25, 0.3) is 0 Å². The van der Waals surface area contributed by atoms with Crippen LogP contribution in [0.1, 0.15) is 58.8 Å². The van der Waals surface area contributed by atoms with E-state index in [9.17, 15) is 19.2 Å². The summed E-state index contributed by atoms with van der Waals surface area (Å²) in [6, 6.07) is -1.31. The Balaban J connectivity index is 1.77. The molecule has 0 radical (unpaired) electrons. The highest BCUT2D eigenvalue weighted by molar-refractivity contribution is 5.94. The van der Waals surface area contributed by atoms with Crippen LogP contribution in [0, 0.1) is 29.1 Å². The topological polar surface area (TPSA) is 125 Å². The van der Waals surface area contributed by atoms with E-state index in [1.54, 1.807) is 13.8 Å². The Bertz CT molecular complexity index is 641. The second-order valence-electron chi connectivity index (χ2n) is 8.92. The Morgan fingerprint density at radius 1 is 0.966 bits per heavy atom. The normalized spacial score (nSPS) is 31.6. The molecular formula is C21H32N2O6. The first-order valence-corrected chi connectivity index (χ1v) is 10.7. The fourth-order valence-corrected chi connectivity index (χ4v) is 6.04. The lowest BCUT2D eigenvalue weighted by Crippen LogP contribution is -2.59. The first-order chi connectivity index (χ1) is 13.8. The van der Waals surface area contributed by atoms with Gasteiger partial charge in [0.05, 0.1) is 25.6 Å². The summed E-state index contributed by atoms with van der Waals surface area (Å²) in [5.41, 5.74) is 5.05. The summed E-state index contributed by atoms with van der Waals surface area (Å²) in [6.07, 6.45) is 5.62. The Hall–Kier alpha value is -2.12. The third kappa shape index (κ3) is 4.56. The molecule has 0 spiro atoms. The Kier molecular flexibility index (Phi) is 6.49. The van der Waals surface area contributed by atoms with Crippen molar-refractivity contribution in [1.82, 2.24) is 5.32 Å². The molecule has 4 aliphatic rings. The van der Waals surface area contributed by atoms with Crippen LogP contribution in [0.4, 0.5) is 0 Å². The zero-order valence-electron chi connectivity index (χ0n) is 17.3. The molecule has 8 nitrogen and oxygen atoms in total. The summed E-state index contributed by atoms with van der Waals surface area (Å²) in [7, 11) is 0. The molecule has 29 heavy (non-hydrogen) atoms. The average Bonchev–Trinajstić information content (AvgIpc) is 2.63. The van der Waals surface area contributed by atoms with Crippen molar-refractivity contribution in [2.24, 2.45) is 34.8 Å². The van der Waals surface area contributed by atoms with Crippen LogP contribution < -0.4 is 11.1 Å². The number of carbonyl (C=O) groups excluding carboxylic acids is 4. The summed E-state index contributed by atoms with van der Waals surface area (Å²) < 4.78 is 9.96. The largest absolute Gasteiger partial charge is 0.466 e. The van der Waals surface area contributed by atoms with E-state index >= 15 is 0 Å². The van der Waals surface area contributed by atoms with Crippen molar-refractivity contribution in [3.05, 3.63) is 0 Å². The Labute approximate surface area is 171 Å². The molecule has 0 aromatic heterocycles. The smallest absolute Gasteiger partial charge is 0.312 e. The lowest BCUT2D eigenvalue weighted by Gasteiger charge is -2.55. The van der Waals surface area contributed by atoms with Crippen molar-refractivity contribution >= 4 is 23.8 Å². The number of hydrogen-bond donors (Lipinski definition) is 2. The van der Waals surface area contributed by atoms with Crippen LogP contribution in [-0.2, 0) is 28.7 Å². The number of amides is 2. The molecule has 4 fully saturated rings. The molecule has 2 amide bonds. The molecule has 0 aliphatic heterocycles. The van der Waals surface area contributed by atoms with E-state index in [1.807, 2.05) is 0 Å². The fourth-order valence-electron chi connectivity index (χ4n) is 6.04. The van der Waals surface area contributed by atoms with Gasteiger partial charge in [-0.1, -0.05) is 0 Å². The monoisotopic (exact) mass is 408 g/mol. The standard InChI is InChI=1S/C21H32N2O6/c1-3-28-16(24)8-15(19(26)29-4-2)17(18(22)25)23-20(27)21-9-12-5-13(10-21)7-14(6-12)11-21/h12-15,17H,3-11H2,1-2H3,(H2,22,25)(H,23,27)/t12?,13?,14?,15-,17-,21?/m0/s1. The average molecular weight is 408 g/mol. The number of carbonyl (C=O) groups is 4. The molecule has 3 N–H and O–H groups in total. The van der Waals surface area contributed by atoms with E-state index in [2.05, 4.69) is 5.32 Å². The Morgan fingerprint density at radius 3 is 1.93 bits per heavy atom. The molecular weight excluding hydrogens is 376 g/mol. The highest BCUT2D eigenvalue weighted by Crippen LogP contribution is 2.60. The molecule has 0 saturated heterocycles. The molecule has 0 aromatic carbocycles. The van der Waals surface area contributed by atoms with Crippen LogP contribution in [0.15, 0.2) is 0 Å². The number of esters is 2. The van der Waals surface area contributed by atoms with Crippen LogP contribution in [0.25, 0.3) is 0 Å². The van der Waals surface area contributed by atoms with E-state index < -0.39 is 35.2 Å². The second kappa shape index (κ2) is 8.71. The van der Waals surface area contributed by atoms with Gasteiger partial charge in [0.2, 0.25) is 11.8 Å². The Morgan fingerprint density at radius 2 is 1.48 bits per heavy atom. The fraction of sp³-hybridized carbons (Fsp3) is 0.810. The molecule has 4 rings (SSSR count). The van der Waals surface area contributed by atoms with E-state index in [0.29, 0.717) is 17.8 Å². The zero-order valence-corrected chi connectivity index (χ0v) is 17.3. The maximum atomic E-state index is 13.3. The predicted octanol–water partition coefficient (Wildman–Crippen LogP) is 1.31. The van der Waals surface area contributed by atoms with Crippen molar-refractivity contribution in [2.75, 3.05) is 13.2 Å². The van der Waals surface area contributed by atoms with Crippen LogP contribution >= 0.6 is 0 Å². The first-order valence-electron chi connectivity index (χ1n) is 10.7. The van der Waals surface area contributed by atoms with Crippen molar-refractivity contribution in [3.8, 4) is 0 Å². The molecule has 0 unspecified atom stereocenters. The highest BCUT2D eigenvalue weighted by Gasteiger charge is 2.55. The van der Waals surface area contributed by atoms with E-state index in [4.69, 9.17) is 15.2 Å².